The zero-order valence-corrected chi connectivity index (χ0v) is 18.8. The van der Waals surface area contributed by atoms with Crippen molar-refractivity contribution in [3.8, 4) is 5.75 Å². The number of nitrogens with one attached hydrogen (secondary N) is 1. The summed E-state index contributed by atoms with van der Waals surface area (Å²) < 4.78 is 11.1. The van der Waals surface area contributed by atoms with E-state index in [1.165, 1.54) is 0 Å². The summed E-state index contributed by atoms with van der Waals surface area (Å²) in [4.78, 5) is 29.7. The number of morpholine rings is 1. The Morgan fingerprint density at radius 3 is 2.82 bits per heavy atom. The highest BCUT2D eigenvalue weighted by molar-refractivity contribution is 5.77. The first-order valence-electron chi connectivity index (χ1n) is 10.9. The summed E-state index contributed by atoms with van der Waals surface area (Å²) in [6.45, 7) is 2.17. The number of anilines is 3. The molecular formula is C24H28N6O3. The van der Waals surface area contributed by atoms with Crippen LogP contribution >= 0.6 is 0 Å². The van der Waals surface area contributed by atoms with E-state index in [0.29, 0.717) is 44.3 Å². The van der Waals surface area contributed by atoms with Gasteiger partial charge in [-0.2, -0.15) is 0 Å². The average Bonchev–Trinajstić information content (AvgIpc) is 2.88. The molecule has 4 rings (SSSR count). The van der Waals surface area contributed by atoms with Gasteiger partial charge in [0.15, 0.2) is 0 Å². The van der Waals surface area contributed by atoms with Crippen molar-refractivity contribution >= 4 is 23.2 Å². The Morgan fingerprint density at radius 2 is 2.06 bits per heavy atom. The molecule has 0 aliphatic carbocycles. The number of amides is 1. The molecule has 33 heavy (non-hydrogen) atoms. The van der Waals surface area contributed by atoms with Crippen LogP contribution in [0.4, 0.5) is 17.3 Å². The van der Waals surface area contributed by atoms with Crippen LogP contribution in [0.5, 0.6) is 5.75 Å². The number of ether oxygens (including phenoxy) is 2. The molecule has 1 saturated heterocycles. The molecule has 3 aromatic rings. The summed E-state index contributed by atoms with van der Waals surface area (Å²) in [5.41, 5.74) is 1.82. The average molecular weight is 449 g/mol. The lowest BCUT2D eigenvalue weighted by molar-refractivity contribution is -0.138. The summed E-state index contributed by atoms with van der Waals surface area (Å²) in [6.07, 6.45) is 5.02. The minimum atomic E-state index is -0.273. The highest BCUT2D eigenvalue weighted by Gasteiger charge is 2.26. The lowest BCUT2D eigenvalue weighted by Gasteiger charge is -2.33. The molecule has 9 nitrogen and oxygen atoms in total. The number of rotatable bonds is 8. The largest absolute Gasteiger partial charge is 0.497 e. The molecule has 1 aliphatic rings. The van der Waals surface area contributed by atoms with Crippen LogP contribution in [0.1, 0.15) is 18.2 Å². The van der Waals surface area contributed by atoms with E-state index >= 15 is 0 Å². The highest BCUT2D eigenvalue weighted by Crippen LogP contribution is 2.24. The van der Waals surface area contributed by atoms with Gasteiger partial charge in [-0.3, -0.25) is 9.78 Å². The predicted molar refractivity (Wildman–Crippen MR) is 126 cm³/mol. The van der Waals surface area contributed by atoms with Gasteiger partial charge in [0.05, 0.1) is 32.2 Å². The minimum absolute atomic E-state index is 0.109. The number of nitrogens with zero attached hydrogens (tertiary/aromatic N) is 5. The third-order valence-corrected chi connectivity index (χ3v) is 5.51. The van der Waals surface area contributed by atoms with Crippen molar-refractivity contribution in [3.63, 3.8) is 0 Å². The van der Waals surface area contributed by atoms with Crippen LogP contribution in [0.25, 0.3) is 0 Å². The van der Waals surface area contributed by atoms with Gasteiger partial charge in [-0.1, -0.05) is 6.07 Å². The Labute approximate surface area is 193 Å². The first kappa shape index (κ1) is 22.5. The molecule has 0 bridgehead atoms. The Balaban J connectivity index is 1.33. The highest BCUT2D eigenvalue weighted by atomic mass is 16.5. The summed E-state index contributed by atoms with van der Waals surface area (Å²) in [6, 6.07) is 13.5. The Hall–Kier alpha value is -3.72. The van der Waals surface area contributed by atoms with Crippen molar-refractivity contribution in [2.75, 3.05) is 50.6 Å². The van der Waals surface area contributed by atoms with Crippen molar-refractivity contribution in [3.05, 3.63) is 66.7 Å². The number of carbonyl (C=O) groups is 1. The van der Waals surface area contributed by atoms with Gasteiger partial charge in [0, 0.05) is 44.6 Å². The number of benzene rings is 1. The Kier molecular flexibility index (Phi) is 7.31. The van der Waals surface area contributed by atoms with E-state index in [2.05, 4.69) is 25.2 Å². The molecule has 9 heteroatoms. The van der Waals surface area contributed by atoms with Gasteiger partial charge in [0.25, 0.3) is 0 Å². The molecule has 1 fully saturated rings. The number of hydrogen-bond acceptors (Lipinski definition) is 8. The van der Waals surface area contributed by atoms with Gasteiger partial charge in [0.1, 0.15) is 23.5 Å². The molecule has 0 spiro atoms. The van der Waals surface area contributed by atoms with Crippen LogP contribution in [-0.2, 0) is 9.53 Å². The van der Waals surface area contributed by atoms with Crippen LogP contribution in [0.2, 0.25) is 0 Å². The molecule has 1 aliphatic heterocycles. The lowest BCUT2D eigenvalue weighted by Crippen LogP contribution is -2.43. The molecule has 0 radical (unpaired) electrons. The molecule has 3 heterocycles. The van der Waals surface area contributed by atoms with E-state index < -0.39 is 0 Å². The van der Waals surface area contributed by atoms with Gasteiger partial charge < -0.3 is 24.6 Å². The fourth-order valence-electron chi connectivity index (χ4n) is 3.64. The number of pyridine rings is 1. The summed E-state index contributed by atoms with van der Waals surface area (Å²) >= 11 is 0. The van der Waals surface area contributed by atoms with Crippen molar-refractivity contribution in [2.45, 2.75) is 12.5 Å². The second kappa shape index (κ2) is 10.7. The number of hydrogen-bond donors (Lipinski definition) is 1. The van der Waals surface area contributed by atoms with E-state index in [4.69, 9.17) is 9.47 Å². The second-order valence-corrected chi connectivity index (χ2v) is 7.73. The second-order valence-electron chi connectivity index (χ2n) is 7.73. The molecule has 1 aromatic carbocycles. The zero-order valence-electron chi connectivity index (χ0n) is 18.8. The van der Waals surface area contributed by atoms with E-state index in [-0.39, 0.29) is 12.0 Å². The van der Waals surface area contributed by atoms with E-state index in [1.807, 2.05) is 54.4 Å². The monoisotopic (exact) mass is 448 g/mol. The number of carbonyl (C=O) groups excluding carboxylic acids is 1. The van der Waals surface area contributed by atoms with Crippen LogP contribution in [0.3, 0.4) is 0 Å². The molecular weight excluding hydrogens is 420 g/mol. The quantitative estimate of drug-likeness (QED) is 0.562. The van der Waals surface area contributed by atoms with Gasteiger partial charge in [-0.15, -0.1) is 0 Å². The first-order chi connectivity index (χ1) is 16.1. The Morgan fingerprint density at radius 1 is 1.21 bits per heavy atom. The molecule has 0 saturated carbocycles. The maximum absolute atomic E-state index is 12.9. The maximum atomic E-state index is 12.9. The number of methoxy groups -OCH3 is 1. The molecule has 172 valence electrons. The molecule has 1 unspecified atom stereocenters. The molecule has 1 N–H and O–H groups in total. The van der Waals surface area contributed by atoms with Crippen LogP contribution in [0, 0.1) is 0 Å². The van der Waals surface area contributed by atoms with E-state index in [1.54, 1.807) is 25.7 Å². The molecule has 1 atom stereocenters. The van der Waals surface area contributed by atoms with Crippen molar-refractivity contribution in [1.29, 1.82) is 0 Å². The van der Waals surface area contributed by atoms with E-state index in [9.17, 15) is 4.79 Å². The third-order valence-electron chi connectivity index (χ3n) is 5.51. The normalized spacial score (nSPS) is 15.7. The fraction of sp³-hybridized carbons (Fsp3) is 0.333. The van der Waals surface area contributed by atoms with Crippen molar-refractivity contribution < 1.29 is 14.3 Å². The van der Waals surface area contributed by atoms with Gasteiger partial charge in [-0.25, -0.2) is 9.97 Å². The van der Waals surface area contributed by atoms with Crippen LogP contribution in [0.15, 0.2) is 61.1 Å². The maximum Gasteiger partial charge on any atom is 0.224 e. The van der Waals surface area contributed by atoms with Crippen LogP contribution in [-0.4, -0.2) is 66.2 Å². The summed E-state index contributed by atoms with van der Waals surface area (Å²) in [5.74, 6) is 2.19. The number of aromatic nitrogens is 3. The van der Waals surface area contributed by atoms with Crippen molar-refractivity contribution in [2.24, 2.45) is 0 Å². The topological polar surface area (TPSA) is 92.7 Å². The molecule has 2 aromatic heterocycles. The zero-order chi connectivity index (χ0) is 23.0. The fourth-order valence-corrected chi connectivity index (χ4v) is 3.64. The minimum Gasteiger partial charge on any atom is -0.497 e. The third kappa shape index (κ3) is 5.95. The van der Waals surface area contributed by atoms with Crippen molar-refractivity contribution in [1.82, 2.24) is 19.9 Å². The van der Waals surface area contributed by atoms with Gasteiger partial charge >= 0.3 is 0 Å². The Bertz CT molecular complexity index is 1050. The van der Waals surface area contributed by atoms with Crippen LogP contribution < -0.4 is 15.0 Å². The first-order valence-corrected chi connectivity index (χ1v) is 10.9. The summed E-state index contributed by atoms with van der Waals surface area (Å²) in [7, 11) is 3.63. The standard InChI is InChI=1S/C24H28N6O3/c1-29(18-6-8-19(32-2)9-7-18)13-10-24(31)30-14-15-33-21(17-30)20-4-3-5-22(27-20)28-23-16-25-11-12-26-23/h3-9,11-12,16,21H,10,13-15,17H2,1-2H3,(H,26,27,28). The lowest BCUT2D eigenvalue weighted by atomic mass is 10.1. The summed E-state index contributed by atoms with van der Waals surface area (Å²) in [5, 5.41) is 3.14. The van der Waals surface area contributed by atoms with Gasteiger partial charge in [0.2, 0.25) is 5.91 Å². The van der Waals surface area contributed by atoms with Gasteiger partial charge in [-0.05, 0) is 36.4 Å². The smallest absolute Gasteiger partial charge is 0.224 e. The molecule has 1 amide bonds. The van der Waals surface area contributed by atoms with E-state index in [0.717, 1.165) is 17.1 Å². The SMILES string of the molecule is COc1ccc(N(C)CCC(=O)N2CCOC(c3cccc(Nc4cnccn4)n3)C2)cc1. The predicted octanol–water partition coefficient (Wildman–Crippen LogP) is 3.05.